The molecule has 90 valence electrons. The summed E-state index contributed by atoms with van der Waals surface area (Å²) in [5.74, 6) is -4.95. The number of phenols is 1. The molecular weight excluding hydrogens is 244 g/mol. The highest BCUT2D eigenvalue weighted by Gasteiger charge is 2.40. The number of halogens is 4. The summed E-state index contributed by atoms with van der Waals surface area (Å²) in [6.45, 7) is 1.61. The quantitative estimate of drug-likeness (QED) is 0.653. The van der Waals surface area contributed by atoms with Gasteiger partial charge in [-0.25, -0.2) is 8.78 Å². The van der Waals surface area contributed by atoms with Gasteiger partial charge in [0, 0.05) is 4.90 Å². The molecule has 0 aliphatic rings. The Labute approximate surface area is 94.5 Å². The van der Waals surface area contributed by atoms with Crippen molar-refractivity contribution in [2.75, 3.05) is 5.75 Å². The summed E-state index contributed by atoms with van der Waals surface area (Å²) < 4.78 is 49.0. The topological polar surface area (TPSA) is 20.2 Å². The molecule has 0 amide bonds. The van der Waals surface area contributed by atoms with Gasteiger partial charge in [0.1, 0.15) is 5.75 Å². The van der Waals surface area contributed by atoms with Crippen LogP contribution in [0.25, 0.3) is 0 Å². The van der Waals surface area contributed by atoms with Crippen LogP contribution in [0, 0.1) is 6.92 Å². The predicted molar refractivity (Wildman–Crippen MR) is 54.5 cm³/mol. The monoisotopic (exact) mass is 254 g/mol. The van der Waals surface area contributed by atoms with E-state index in [1.807, 2.05) is 0 Å². The number of rotatable bonds is 4. The molecule has 0 aliphatic heterocycles. The van der Waals surface area contributed by atoms with E-state index in [0.717, 1.165) is 0 Å². The van der Waals surface area contributed by atoms with Gasteiger partial charge >= 0.3 is 12.3 Å². The summed E-state index contributed by atoms with van der Waals surface area (Å²) in [7, 11) is 0. The van der Waals surface area contributed by atoms with Crippen LogP contribution >= 0.6 is 11.8 Å². The highest BCUT2D eigenvalue weighted by molar-refractivity contribution is 7.99. The van der Waals surface area contributed by atoms with E-state index in [9.17, 15) is 17.6 Å². The number of hydrogen-bond donors (Lipinski definition) is 1. The van der Waals surface area contributed by atoms with E-state index in [-0.39, 0.29) is 5.75 Å². The van der Waals surface area contributed by atoms with Crippen molar-refractivity contribution in [3.05, 3.63) is 23.8 Å². The Hall–Kier alpha value is -0.910. The zero-order valence-electron chi connectivity index (χ0n) is 8.38. The zero-order chi connectivity index (χ0) is 12.3. The maximum atomic E-state index is 12.6. The molecule has 16 heavy (non-hydrogen) atoms. The van der Waals surface area contributed by atoms with Crippen molar-refractivity contribution in [2.45, 2.75) is 24.2 Å². The van der Waals surface area contributed by atoms with E-state index >= 15 is 0 Å². The summed E-state index contributed by atoms with van der Waals surface area (Å²) in [4.78, 5) is 0.457. The molecule has 1 nitrogen and oxygen atoms in total. The minimum Gasteiger partial charge on any atom is -0.508 e. The zero-order valence-corrected chi connectivity index (χ0v) is 9.20. The van der Waals surface area contributed by atoms with Gasteiger partial charge in [0.05, 0.1) is 5.75 Å². The number of aryl methyl sites for hydroxylation is 1. The molecule has 0 heterocycles. The van der Waals surface area contributed by atoms with Gasteiger partial charge < -0.3 is 5.11 Å². The van der Waals surface area contributed by atoms with Crippen molar-refractivity contribution in [1.29, 1.82) is 0 Å². The third kappa shape index (κ3) is 3.30. The largest absolute Gasteiger partial charge is 0.508 e. The van der Waals surface area contributed by atoms with Crippen LogP contribution in [0.1, 0.15) is 5.56 Å². The van der Waals surface area contributed by atoms with E-state index < -0.39 is 18.1 Å². The van der Waals surface area contributed by atoms with Gasteiger partial charge in [0.25, 0.3) is 0 Å². The third-order valence-electron chi connectivity index (χ3n) is 1.90. The molecule has 0 bridgehead atoms. The molecule has 0 aromatic heterocycles. The molecule has 0 spiro atoms. The lowest BCUT2D eigenvalue weighted by Crippen LogP contribution is -2.29. The van der Waals surface area contributed by atoms with Gasteiger partial charge in [-0.2, -0.15) is 8.78 Å². The molecule has 0 fully saturated rings. The van der Waals surface area contributed by atoms with Gasteiger partial charge in [0.2, 0.25) is 0 Å². The van der Waals surface area contributed by atoms with E-state index in [4.69, 9.17) is 5.11 Å². The molecule has 0 atom stereocenters. The maximum Gasteiger partial charge on any atom is 0.316 e. The number of hydrogen-bond acceptors (Lipinski definition) is 2. The second kappa shape index (κ2) is 4.95. The Morgan fingerprint density at radius 3 is 2.50 bits per heavy atom. The molecule has 0 radical (unpaired) electrons. The molecule has 0 unspecified atom stereocenters. The van der Waals surface area contributed by atoms with Crippen molar-refractivity contribution in [3.63, 3.8) is 0 Å². The smallest absolute Gasteiger partial charge is 0.316 e. The van der Waals surface area contributed by atoms with Gasteiger partial charge in [-0.05, 0) is 30.7 Å². The predicted octanol–water partition coefficient (Wildman–Crippen LogP) is 3.69. The second-order valence-corrected chi connectivity index (χ2v) is 4.32. The fourth-order valence-corrected chi connectivity index (χ4v) is 1.96. The van der Waals surface area contributed by atoms with Crippen LogP contribution in [0.2, 0.25) is 0 Å². The number of thioether (sulfide) groups is 1. The highest BCUT2D eigenvalue weighted by atomic mass is 32.2. The van der Waals surface area contributed by atoms with Gasteiger partial charge in [-0.1, -0.05) is 0 Å². The van der Waals surface area contributed by atoms with E-state index in [1.54, 1.807) is 6.92 Å². The van der Waals surface area contributed by atoms with Crippen molar-refractivity contribution in [1.82, 2.24) is 0 Å². The summed E-state index contributed by atoms with van der Waals surface area (Å²) in [5, 5.41) is 9.08. The van der Waals surface area contributed by atoms with E-state index in [0.29, 0.717) is 22.2 Å². The van der Waals surface area contributed by atoms with E-state index in [1.165, 1.54) is 18.2 Å². The van der Waals surface area contributed by atoms with Crippen molar-refractivity contribution >= 4 is 11.8 Å². The molecule has 1 N–H and O–H groups in total. The third-order valence-corrected chi connectivity index (χ3v) is 3.20. The average Bonchev–Trinajstić information content (AvgIpc) is 2.16. The molecule has 1 aromatic carbocycles. The number of alkyl halides is 4. The number of benzene rings is 1. The van der Waals surface area contributed by atoms with Crippen LogP contribution in [0.5, 0.6) is 5.75 Å². The van der Waals surface area contributed by atoms with Crippen molar-refractivity contribution in [2.24, 2.45) is 0 Å². The minimum atomic E-state index is -3.99. The van der Waals surface area contributed by atoms with Crippen LogP contribution in [-0.2, 0) is 0 Å². The van der Waals surface area contributed by atoms with Gasteiger partial charge in [-0.15, -0.1) is 11.8 Å². The Morgan fingerprint density at radius 2 is 2.00 bits per heavy atom. The molecule has 6 heteroatoms. The number of phenolic OH excluding ortho intramolecular Hbond substituents is 1. The first kappa shape index (κ1) is 13.2. The summed E-state index contributed by atoms with van der Waals surface area (Å²) >= 11 is 0.650. The van der Waals surface area contributed by atoms with Crippen LogP contribution < -0.4 is 0 Å². The van der Waals surface area contributed by atoms with Gasteiger partial charge in [0.15, 0.2) is 0 Å². The molecular formula is C10H10F4OS. The lowest BCUT2D eigenvalue weighted by atomic mass is 10.2. The fourth-order valence-electron chi connectivity index (χ4n) is 1.03. The van der Waals surface area contributed by atoms with Crippen LogP contribution in [0.15, 0.2) is 23.1 Å². The normalized spacial score (nSPS) is 12.1. The first-order chi connectivity index (χ1) is 7.33. The van der Waals surface area contributed by atoms with Crippen LogP contribution in [-0.4, -0.2) is 23.2 Å². The van der Waals surface area contributed by atoms with Crippen LogP contribution in [0.3, 0.4) is 0 Å². The Bertz CT molecular complexity index is 368. The first-order valence-corrected chi connectivity index (χ1v) is 5.40. The SMILES string of the molecule is Cc1cc(O)ccc1SCC(F)(F)C(F)F. The lowest BCUT2D eigenvalue weighted by Gasteiger charge is -2.15. The second-order valence-electron chi connectivity index (χ2n) is 3.30. The summed E-state index contributed by atoms with van der Waals surface area (Å²) in [6, 6.07) is 4.15. The van der Waals surface area contributed by atoms with Crippen LogP contribution in [0.4, 0.5) is 17.6 Å². The van der Waals surface area contributed by atoms with E-state index in [2.05, 4.69) is 0 Å². The summed E-state index contributed by atoms with van der Waals surface area (Å²) in [6.07, 6.45) is -3.66. The van der Waals surface area contributed by atoms with Crippen molar-refractivity contribution < 1.29 is 22.7 Å². The summed E-state index contributed by atoms with van der Waals surface area (Å²) in [5.41, 5.74) is 0.579. The molecule has 1 rings (SSSR count). The molecule has 1 aromatic rings. The first-order valence-electron chi connectivity index (χ1n) is 4.41. The van der Waals surface area contributed by atoms with Gasteiger partial charge in [-0.3, -0.25) is 0 Å². The fraction of sp³-hybridized carbons (Fsp3) is 0.400. The Morgan fingerprint density at radius 1 is 1.38 bits per heavy atom. The minimum absolute atomic E-state index is 0.0162. The standard InChI is InChI=1S/C10H10F4OS/c1-6-4-7(15)2-3-8(6)16-5-10(13,14)9(11)12/h2-4,9,15H,5H2,1H3. The lowest BCUT2D eigenvalue weighted by molar-refractivity contribution is -0.109. The maximum absolute atomic E-state index is 12.6. The Kier molecular flexibility index (Phi) is 4.07. The number of aromatic hydroxyl groups is 1. The van der Waals surface area contributed by atoms with Crippen molar-refractivity contribution in [3.8, 4) is 5.75 Å². The molecule has 0 saturated carbocycles. The molecule has 0 aliphatic carbocycles. The molecule has 0 saturated heterocycles. The highest BCUT2D eigenvalue weighted by Crippen LogP contribution is 2.33. The average molecular weight is 254 g/mol. The Balaban J connectivity index is 2.68.